The van der Waals surface area contributed by atoms with Gasteiger partial charge < -0.3 is 57.7 Å². The largest absolute Gasteiger partial charge is 0.354 e. The maximum Gasteiger partial charge on any atom is 0.254 e. The van der Waals surface area contributed by atoms with Crippen LogP contribution >= 0.6 is 0 Å². The molecule has 1 aromatic rings. The molecule has 1 aromatic carbocycles. The van der Waals surface area contributed by atoms with Crippen molar-refractivity contribution in [3.8, 4) is 0 Å². The Kier molecular flexibility index (Phi) is 28.1. The van der Waals surface area contributed by atoms with Crippen molar-refractivity contribution in [1.82, 2.24) is 57.7 Å². The molecule has 87 heavy (non-hydrogen) atoms. The zero-order valence-corrected chi connectivity index (χ0v) is 54.9. The van der Waals surface area contributed by atoms with E-state index in [-0.39, 0.29) is 67.0 Å². The highest BCUT2D eigenvalue weighted by atomic mass is 19.1. The van der Waals surface area contributed by atoms with Gasteiger partial charge in [0.05, 0.1) is 5.54 Å². The predicted octanol–water partition coefficient (Wildman–Crippen LogP) is 5.83. The second kappa shape index (κ2) is 33.4. The fraction of sp³-hybridized carbons (Fsp3) is 0.754. The lowest BCUT2D eigenvalue weighted by atomic mass is 9.76. The maximum absolute atomic E-state index is 14.4. The normalized spacial score (nSPS) is 17.7. The quantitative estimate of drug-likeness (QED) is 0.0396. The fourth-order valence-corrected chi connectivity index (χ4v) is 12.2. The van der Waals surface area contributed by atoms with Crippen LogP contribution in [0.1, 0.15) is 215 Å². The van der Waals surface area contributed by atoms with E-state index in [1.807, 2.05) is 60.5 Å². The molecular weight excluding hydrogens is 1110 g/mol. The molecule has 1 saturated heterocycles. The standard InChI is InChI=1S/C65H108FN11O10/c1-41(2)34-47(38-54(80)73-64(11,12)61(87)75-62(7,8)59(85)67-32-29-52(78)74-65(30-19-31-65)40-76(13)14)68-53(79)37-49(36-43(5)6)70-60(86)63(9,10)72-55(81)39-48(35-42(3)4)69-56(82)50(28-23-44-20-16-15-17-21-44)71-57(83)51-22-18-33-77(51)58(84)45-24-26-46(66)27-25-45/h24-27,41-44,47-51H,15-23,28-40H2,1-14H3,(H,67,85)(H,68,79)(H,69,82)(H,70,86)(H,71,83)(H,72,81)(H,73,80)(H,74,78)(H,75,87)/t47-,48-,49-,50-,51-/m0/s1. The van der Waals surface area contributed by atoms with Crippen molar-refractivity contribution in [3.63, 3.8) is 0 Å². The lowest BCUT2D eigenvalue weighted by Gasteiger charge is -2.44. The van der Waals surface area contributed by atoms with Crippen LogP contribution in [0, 0.1) is 29.5 Å². The molecule has 0 radical (unpaired) electrons. The second-order valence-electron chi connectivity index (χ2n) is 28.3. The molecule has 10 amide bonds. The fourth-order valence-electron chi connectivity index (χ4n) is 12.2. The van der Waals surface area contributed by atoms with Crippen molar-refractivity contribution in [2.75, 3.05) is 33.7 Å². The first-order valence-electron chi connectivity index (χ1n) is 32.1. The molecule has 0 unspecified atom stereocenters. The maximum atomic E-state index is 14.4. The van der Waals surface area contributed by atoms with Crippen LogP contribution in [-0.4, -0.2) is 155 Å². The minimum absolute atomic E-state index is 0.0456. The van der Waals surface area contributed by atoms with Crippen molar-refractivity contribution < 1.29 is 52.3 Å². The minimum Gasteiger partial charge on any atom is -0.354 e. The van der Waals surface area contributed by atoms with Gasteiger partial charge in [0.1, 0.15) is 34.5 Å². The third-order valence-electron chi connectivity index (χ3n) is 16.7. The molecule has 0 spiro atoms. The summed E-state index contributed by atoms with van der Waals surface area (Å²) in [6.45, 7) is 22.1. The monoisotopic (exact) mass is 1220 g/mol. The summed E-state index contributed by atoms with van der Waals surface area (Å²) >= 11 is 0. The van der Waals surface area contributed by atoms with Crippen molar-refractivity contribution in [2.45, 2.75) is 257 Å². The minimum atomic E-state index is -1.48. The third-order valence-corrected chi connectivity index (χ3v) is 16.7. The summed E-state index contributed by atoms with van der Waals surface area (Å²) in [5, 5.41) is 26.2. The first-order chi connectivity index (χ1) is 40.6. The van der Waals surface area contributed by atoms with Gasteiger partial charge in [-0.05, 0) is 168 Å². The Morgan fingerprint density at radius 3 is 1.64 bits per heavy atom. The Balaban J connectivity index is 1.34. The van der Waals surface area contributed by atoms with E-state index < -0.39 is 106 Å². The first kappa shape index (κ1) is 73.3. The summed E-state index contributed by atoms with van der Waals surface area (Å²) in [5.74, 6) is -4.49. The van der Waals surface area contributed by atoms with E-state index in [0.29, 0.717) is 57.4 Å². The number of amides is 10. The zero-order valence-electron chi connectivity index (χ0n) is 54.9. The van der Waals surface area contributed by atoms with Gasteiger partial charge in [0.15, 0.2) is 0 Å². The van der Waals surface area contributed by atoms with E-state index >= 15 is 0 Å². The highest BCUT2D eigenvalue weighted by Gasteiger charge is 2.41. The van der Waals surface area contributed by atoms with Crippen LogP contribution in [0.25, 0.3) is 0 Å². The summed E-state index contributed by atoms with van der Waals surface area (Å²) in [7, 11) is 3.92. The van der Waals surface area contributed by atoms with Gasteiger partial charge in [-0.2, -0.15) is 0 Å². The summed E-state index contributed by atoms with van der Waals surface area (Å²) in [4.78, 5) is 141. The topological polar surface area (TPSA) is 285 Å². The van der Waals surface area contributed by atoms with Crippen LogP contribution in [0.4, 0.5) is 4.39 Å². The van der Waals surface area contributed by atoms with E-state index in [1.165, 1.54) is 56.9 Å². The van der Waals surface area contributed by atoms with E-state index in [9.17, 15) is 52.3 Å². The van der Waals surface area contributed by atoms with Crippen molar-refractivity contribution in [2.24, 2.45) is 23.7 Å². The number of hydrogen-bond acceptors (Lipinski definition) is 11. The summed E-state index contributed by atoms with van der Waals surface area (Å²) in [6.07, 6.45) is 11.2. The number of carbonyl (C=O) groups is 10. The molecule has 3 aliphatic rings. The molecule has 9 N–H and O–H groups in total. The number of likely N-dealkylation sites (tertiary alicyclic amines) is 1. The summed E-state index contributed by atoms with van der Waals surface area (Å²) in [6, 6.07) is 1.43. The molecule has 22 heteroatoms. The SMILES string of the molecule is CC(C)C[C@@H](CC(=O)NC(C)(C)C(=O)NC(C)(C)C(=O)NCCC(=O)NC1(CN(C)C)CCC1)NC(=O)C[C@H](CC(C)C)NC(=O)C(C)(C)NC(=O)C[C@H](CC(C)C)NC(=O)[C@H](CCC1CCCCC1)NC(=O)[C@@H]1CCCN1C(=O)c1ccc(F)cc1. The van der Waals surface area contributed by atoms with Crippen molar-refractivity contribution in [1.29, 1.82) is 0 Å². The Morgan fingerprint density at radius 1 is 0.598 bits per heavy atom. The molecule has 2 saturated carbocycles. The molecule has 5 atom stereocenters. The average Bonchev–Trinajstić information content (AvgIpc) is 2.28. The second-order valence-corrected chi connectivity index (χ2v) is 28.3. The van der Waals surface area contributed by atoms with Crippen LogP contribution in [0.15, 0.2) is 24.3 Å². The van der Waals surface area contributed by atoms with Crippen LogP contribution in [0.3, 0.4) is 0 Å². The number of likely N-dealkylation sites (N-methyl/N-ethyl adjacent to an activating group) is 1. The van der Waals surface area contributed by atoms with E-state index in [4.69, 9.17) is 0 Å². The molecule has 1 aliphatic heterocycles. The number of benzene rings is 1. The number of nitrogens with one attached hydrogen (secondary N) is 9. The number of nitrogens with zero attached hydrogens (tertiary/aromatic N) is 2. The van der Waals surface area contributed by atoms with Gasteiger partial charge in [-0.15, -0.1) is 0 Å². The Hall–Kier alpha value is -6.19. The van der Waals surface area contributed by atoms with Crippen LogP contribution in [0.5, 0.6) is 0 Å². The van der Waals surface area contributed by atoms with Gasteiger partial charge in [0.2, 0.25) is 53.2 Å². The zero-order chi connectivity index (χ0) is 65.0. The number of carbonyl (C=O) groups excluding carboxylic acids is 10. The molecule has 1 heterocycles. The smallest absolute Gasteiger partial charge is 0.254 e. The molecule has 4 rings (SSSR count). The van der Waals surface area contributed by atoms with Crippen LogP contribution in [0.2, 0.25) is 0 Å². The number of halogens is 1. The van der Waals surface area contributed by atoms with Gasteiger partial charge in [0.25, 0.3) is 5.91 Å². The highest BCUT2D eigenvalue weighted by molar-refractivity contribution is 5.99. The van der Waals surface area contributed by atoms with E-state index in [1.54, 1.807) is 13.8 Å². The van der Waals surface area contributed by atoms with Gasteiger partial charge in [-0.25, -0.2) is 4.39 Å². The first-order valence-corrected chi connectivity index (χ1v) is 32.1. The van der Waals surface area contributed by atoms with E-state index in [0.717, 1.165) is 57.9 Å². The highest BCUT2D eigenvalue weighted by Crippen LogP contribution is 2.33. The Bertz CT molecular complexity index is 2510. The summed E-state index contributed by atoms with van der Waals surface area (Å²) in [5.41, 5.74) is -4.34. The molecule has 2 aliphatic carbocycles. The Morgan fingerprint density at radius 2 is 1.11 bits per heavy atom. The van der Waals surface area contributed by atoms with Gasteiger partial charge >= 0.3 is 0 Å². The number of hydrogen-bond donors (Lipinski definition) is 9. The van der Waals surface area contributed by atoms with Crippen molar-refractivity contribution >= 4 is 59.1 Å². The van der Waals surface area contributed by atoms with E-state index in [2.05, 4.69) is 47.9 Å². The lowest BCUT2D eigenvalue weighted by molar-refractivity contribution is -0.137. The van der Waals surface area contributed by atoms with Crippen molar-refractivity contribution in [3.05, 3.63) is 35.6 Å². The average molecular weight is 1220 g/mol. The summed E-state index contributed by atoms with van der Waals surface area (Å²) < 4.78 is 13.7. The lowest BCUT2D eigenvalue weighted by Crippen LogP contribution is -2.63. The molecule has 21 nitrogen and oxygen atoms in total. The van der Waals surface area contributed by atoms with Gasteiger partial charge in [-0.1, -0.05) is 73.6 Å². The van der Waals surface area contributed by atoms with Crippen LogP contribution < -0.4 is 47.9 Å². The predicted molar refractivity (Wildman–Crippen MR) is 334 cm³/mol. The molecule has 490 valence electrons. The molecule has 3 fully saturated rings. The molecule has 0 aromatic heterocycles. The molecular formula is C65H108FN11O10. The molecule has 0 bridgehead atoms. The third kappa shape index (κ3) is 24.7. The number of rotatable bonds is 34. The Labute approximate surface area is 517 Å². The van der Waals surface area contributed by atoms with Gasteiger partial charge in [0, 0.05) is 69.0 Å². The van der Waals surface area contributed by atoms with Crippen LogP contribution in [-0.2, 0) is 43.2 Å². The van der Waals surface area contributed by atoms with Gasteiger partial charge in [-0.3, -0.25) is 47.9 Å².